The van der Waals surface area contributed by atoms with Gasteiger partial charge in [-0.1, -0.05) is 149 Å². The van der Waals surface area contributed by atoms with Gasteiger partial charge in [0.2, 0.25) is 0 Å². The Morgan fingerprint density at radius 2 is 0.578 bits per heavy atom. The highest BCUT2D eigenvalue weighted by Gasteiger charge is 2.58. The average molecular weight is 625 g/mol. The molecule has 0 saturated carbocycles. The summed E-state index contributed by atoms with van der Waals surface area (Å²) in [6, 6.07) is 8.85. The third-order valence-corrected chi connectivity index (χ3v) is 9.64. The van der Waals surface area contributed by atoms with Crippen LogP contribution in [0.25, 0.3) is 0 Å². The molecule has 0 bridgehead atoms. The fourth-order valence-electron chi connectivity index (χ4n) is 6.44. The molecule has 0 aliphatic heterocycles. The van der Waals surface area contributed by atoms with Crippen LogP contribution in [0.5, 0.6) is 0 Å². The Morgan fingerprint density at radius 1 is 0.378 bits per heavy atom. The van der Waals surface area contributed by atoms with Crippen molar-refractivity contribution in [1.82, 2.24) is 0 Å². The summed E-state index contributed by atoms with van der Waals surface area (Å²) < 4.78 is 0. The van der Waals surface area contributed by atoms with Crippen molar-refractivity contribution in [1.29, 1.82) is 0 Å². The van der Waals surface area contributed by atoms with E-state index in [1.54, 1.807) is 0 Å². The van der Waals surface area contributed by atoms with Gasteiger partial charge in [-0.3, -0.25) is 0 Å². The van der Waals surface area contributed by atoms with Crippen molar-refractivity contribution >= 4 is 0 Å². The van der Waals surface area contributed by atoms with E-state index in [4.69, 9.17) is 0 Å². The first-order valence-corrected chi connectivity index (χ1v) is 16.8. The van der Waals surface area contributed by atoms with E-state index in [-0.39, 0.29) is 10.8 Å². The Bertz CT molecular complexity index is 1180. The Hall–Kier alpha value is -1.72. The third kappa shape index (κ3) is 7.40. The maximum Gasteiger partial charge on any atom is 0.128 e. The van der Waals surface area contributed by atoms with Gasteiger partial charge in [-0.15, -0.1) is 0 Å². The predicted octanol–water partition coefficient (Wildman–Crippen LogP) is 8.67. The van der Waals surface area contributed by atoms with E-state index in [1.165, 1.54) is 0 Å². The zero-order chi connectivity index (χ0) is 35.6. The molecule has 4 nitrogen and oxygen atoms in total. The van der Waals surface area contributed by atoms with Crippen molar-refractivity contribution < 1.29 is 20.4 Å². The van der Waals surface area contributed by atoms with Crippen LogP contribution in [0.2, 0.25) is 0 Å². The predicted molar refractivity (Wildman–Crippen MR) is 192 cm³/mol. The van der Waals surface area contributed by atoms with Crippen LogP contribution in [0.3, 0.4) is 0 Å². The zero-order valence-corrected chi connectivity index (χ0v) is 32.2. The fraction of sp³-hybridized carbons (Fsp3) is 0.707. The van der Waals surface area contributed by atoms with Gasteiger partial charge in [-0.25, -0.2) is 0 Å². The van der Waals surface area contributed by atoms with E-state index in [0.29, 0.717) is 11.1 Å². The molecule has 4 heteroatoms. The molecule has 0 unspecified atom stereocenters. The Balaban J connectivity index is 3.70. The summed E-state index contributed by atoms with van der Waals surface area (Å²) in [7, 11) is 0. The first kappa shape index (κ1) is 39.5. The second kappa shape index (κ2) is 12.1. The highest BCUT2D eigenvalue weighted by molar-refractivity contribution is 5.61. The number of benzene rings is 2. The minimum atomic E-state index is -1.98. The molecular formula is C41H68O4. The van der Waals surface area contributed by atoms with Crippen LogP contribution in [-0.2, 0) is 38.1 Å². The SMILES string of the molecule is CC(C)(C)c1cc(C(C)(C)C)c(C(O)(c2c(C(C)(C)C)cc(C(C)(C)C)cc2C(C)(C)C)C(CO)(CO)CO)c(C(C)(C)C)c1. The summed E-state index contributed by atoms with van der Waals surface area (Å²) >= 11 is 0. The number of hydrogen-bond acceptors (Lipinski definition) is 4. The average Bonchev–Trinajstić information content (AvgIpc) is 2.85. The van der Waals surface area contributed by atoms with E-state index in [9.17, 15) is 20.4 Å². The van der Waals surface area contributed by atoms with Crippen molar-refractivity contribution in [2.75, 3.05) is 19.8 Å². The molecule has 0 atom stereocenters. The summed E-state index contributed by atoms with van der Waals surface area (Å²) in [5, 5.41) is 48.0. The topological polar surface area (TPSA) is 80.9 Å². The van der Waals surface area contributed by atoms with E-state index in [0.717, 1.165) is 33.4 Å². The lowest BCUT2D eigenvalue weighted by Crippen LogP contribution is -2.57. The smallest absolute Gasteiger partial charge is 0.128 e. The number of rotatable bonds is 6. The number of aliphatic hydroxyl groups excluding tert-OH is 3. The van der Waals surface area contributed by atoms with Gasteiger partial charge in [-0.2, -0.15) is 0 Å². The highest BCUT2D eigenvalue weighted by Crippen LogP contribution is 2.56. The molecule has 0 heterocycles. The second-order valence-electron chi connectivity index (χ2n) is 19.9. The van der Waals surface area contributed by atoms with Crippen LogP contribution in [0.4, 0.5) is 0 Å². The lowest BCUT2D eigenvalue weighted by Gasteiger charge is -2.52. The Kier molecular flexibility index (Phi) is 10.6. The molecule has 0 aliphatic carbocycles. The zero-order valence-electron chi connectivity index (χ0n) is 32.2. The molecule has 0 fully saturated rings. The highest BCUT2D eigenvalue weighted by atomic mass is 16.3. The van der Waals surface area contributed by atoms with Gasteiger partial charge in [-0.05, 0) is 77.0 Å². The van der Waals surface area contributed by atoms with Gasteiger partial charge in [0.1, 0.15) is 5.60 Å². The minimum Gasteiger partial charge on any atom is -0.395 e. The van der Waals surface area contributed by atoms with E-state index >= 15 is 0 Å². The molecule has 2 rings (SSSR count). The lowest BCUT2D eigenvalue weighted by atomic mass is 9.55. The number of aliphatic hydroxyl groups is 4. The molecular weight excluding hydrogens is 556 g/mol. The maximum absolute atomic E-state index is 14.1. The molecule has 0 amide bonds. The molecule has 0 aromatic heterocycles. The van der Waals surface area contributed by atoms with Crippen molar-refractivity contribution in [2.45, 2.75) is 163 Å². The van der Waals surface area contributed by atoms with Crippen molar-refractivity contribution in [3.05, 3.63) is 68.8 Å². The molecule has 0 radical (unpaired) electrons. The Labute approximate surface area is 276 Å². The van der Waals surface area contributed by atoms with Crippen LogP contribution in [0.15, 0.2) is 24.3 Å². The molecule has 2 aromatic carbocycles. The molecule has 2 aromatic rings. The van der Waals surface area contributed by atoms with Gasteiger partial charge < -0.3 is 20.4 Å². The van der Waals surface area contributed by atoms with Gasteiger partial charge in [0.05, 0.1) is 25.2 Å². The monoisotopic (exact) mass is 625 g/mol. The van der Waals surface area contributed by atoms with E-state index in [2.05, 4.69) is 149 Å². The van der Waals surface area contributed by atoms with Crippen LogP contribution in [0.1, 0.15) is 169 Å². The third-order valence-electron chi connectivity index (χ3n) is 9.64. The van der Waals surface area contributed by atoms with Crippen molar-refractivity contribution in [3.8, 4) is 0 Å². The molecule has 0 saturated heterocycles. The Morgan fingerprint density at radius 3 is 0.711 bits per heavy atom. The fourth-order valence-corrected chi connectivity index (χ4v) is 6.44. The first-order chi connectivity index (χ1) is 19.8. The largest absolute Gasteiger partial charge is 0.395 e. The van der Waals surface area contributed by atoms with Gasteiger partial charge in [0.25, 0.3) is 0 Å². The summed E-state index contributed by atoms with van der Waals surface area (Å²) in [5.74, 6) is 0. The summed E-state index contributed by atoms with van der Waals surface area (Å²) in [6.45, 7) is 37.2. The summed E-state index contributed by atoms with van der Waals surface area (Å²) in [6.07, 6.45) is 0. The van der Waals surface area contributed by atoms with Crippen molar-refractivity contribution in [2.24, 2.45) is 5.41 Å². The van der Waals surface area contributed by atoms with Gasteiger partial charge in [0.15, 0.2) is 0 Å². The van der Waals surface area contributed by atoms with Gasteiger partial charge >= 0.3 is 0 Å². The second-order valence-corrected chi connectivity index (χ2v) is 19.9. The molecule has 0 spiro atoms. The van der Waals surface area contributed by atoms with Crippen LogP contribution < -0.4 is 0 Å². The van der Waals surface area contributed by atoms with E-state index in [1.807, 2.05) is 0 Å². The van der Waals surface area contributed by atoms with Gasteiger partial charge in [0, 0.05) is 0 Å². The lowest BCUT2D eigenvalue weighted by molar-refractivity contribution is -0.138. The number of hydrogen-bond donors (Lipinski definition) is 4. The molecule has 256 valence electrons. The molecule has 4 N–H and O–H groups in total. The quantitative estimate of drug-likeness (QED) is 0.259. The maximum atomic E-state index is 14.1. The van der Waals surface area contributed by atoms with Crippen molar-refractivity contribution in [3.63, 3.8) is 0 Å². The van der Waals surface area contributed by atoms with Crippen LogP contribution in [0, 0.1) is 5.41 Å². The summed E-state index contributed by atoms with van der Waals surface area (Å²) in [5.41, 5.74) is 1.72. The van der Waals surface area contributed by atoms with Crippen LogP contribution in [-0.4, -0.2) is 40.2 Å². The summed E-state index contributed by atoms with van der Waals surface area (Å²) in [4.78, 5) is 0. The standard InChI is InChI=1S/C41H68O4/c1-34(2,3)26-19-28(36(7,8)9)32(29(20-26)37(10,11)12)41(45,40(23-42,24-43)25-44)33-30(38(13,14)15)21-27(35(4,5)6)22-31(33)39(16,17)18/h19-22,42-45H,23-25H2,1-18H3. The normalized spacial score (nSPS) is 14.7. The molecule has 0 aliphatic rings. The van der Waals surface area contributed by atoms with Crippen LogP contribution >= 0.6 is 0 Å². The first-order valence-electron chi connectivity index (χ1n) is 16.8. The van der Waals surface area contributed by atoms with E-state index < -0.39 is 52.5 Å². The minimum absolute atomic E-state index is 0.167. The molecule has 45 heavy (non-hydrogen) atoms.